The second-order valence-electron chi connectivity index (χ2n) is 3.95. The highest BCUT2D eigenvalue weighted by Gasteiger charge is 2.14. The molecule has 0 aliphatic carbocycles. The van der Waals surface area contributed by atoms with Crippen LogP contribution in [0.25, 0.3) is 0 Å². The molecule has 0 saturated heterocycles. The molecule has 21 heavy (non-hydrogen) atoms. The van der Waals surface area contributed by atoms with Gasteiger partial charge in [-0.2, -0.15) is 0 Å². The van der Waals surface area contributed by atoms with Crippen molar-refractivity contribution in [2.75, 3.05) is 10.7 Å². The molecule has 9 heteroatoms. The zero-order chi connectivity index (χ0) is 15.4. The van der Waals surface area contributed by atoms with E-state index in [1.165, 1.54) is 24.4 Å². The van der Waals surface area contributed by atoms with Gasteiger partial charge >= 0.3 is 0 Å². The summed E-state index contributed by atoms with van der Waals surface area (Å²) in [5, 5.41) is 13.4. The number of nitro groups is 1. The molecule has 2 aromatic rings. The molecule has 108 valence electrons. The molecule has 1 heterocycles. The number of carbonyl (C=O) groups excluding carboxylic acids is 1. The standard InChI is InChI=1S/C12H10BrN5O3/c13-9-3-1-7(5-11(9)18(20)21)16-12(19)10-4-2-8(17-14)6-15-10/h1-6,17H,14H2,(H,16,19). The first kappa shape index (κ1) is 14.9. The summed E-state index contributed by atoms with van der Waals surface area (Å²) in [6.07, 6.45) is 1.40. The summed E-state index contributed by atoms with van der Waals surface area (Å²) in [6.45, 7) is 0. The van der Waals surface area contributed by atoms with Crippen molar-refractivity contribution in [3.05, 3.63) is 56.8 Å². The fraction of sp³-hybridized carbons (Fsp3) is 0. The van der Waals surface area contributed by atoms with Gasteiger partial charge in [0.2, 0.25) is 0 Å². The largest absolute Gasteiger partial charge is 0.323 e. The van der Waals surface area contributed by atoms with E-state index in [9.17, 15) is 14.9 Å². The monoisotopic (exact) mass is 351 g/mol. The van der Waals surface area contributed by atoms with Crippen LogP contribution in [0.3, 0.4) is 0 Å². The number of benzene rings is 1. The summed E-state index contributed by atoms with van der Waals surface area (Å²) in [4.78, 5) is 26.2. The smallest absolute Gasteiger partial charge is 0.285 e. The first-order chi connectivity index (χ1) is 10.0. The number of halogens is 1. The fourth-order valence-electron chi connectivity index (χ4n) is 1.54. The average Bonchev–Trinajstić information content (AvgIpc) is 2.49. The first-order valence-electron chi connectivity index (χ1n) is 5.69. The number of nitrogens with two attached hydrogens (primary N) is 1. The number of nitro benzene ring substituents is 1. The molecule has 1 amide bonds. The molecule has 0 aliphatic heterocycles. The van der Waals surface area contributed by atoms with Crippen molar-refractivity contribution in [2.45, 2.75) is 0 Å². The summed E-state index contributed by atoms with van der Waals surface area (Å²) < 4.78 is 0.335. The summed E-state index contributed by atoms with van der Waals surface area (Å²) in [7, 11) is 0. The minimum atomic E-state index is -0.542. The van der Waals surface area contributed by atoms with Crippen molar-refractivity contribution in [1.82, 2.24) is 4.98 Å². The minimum absolute atomic E-state index is 0.136. The number of nitrogen functional groups attached to an aromatic ring is 1. The number of hydrazine groups is 1. The van der Waals surface area contributed by atoms with E-state index >= 15 is 0 Å². The molecule has 0 aliphatic rings. The van der Waals surface area contributed by atoms with Crippen LogP contribution in [0.2, 0.25) is 0 Å². The maximum absolute atomic E-state index is 12.0. The number of rotatable bonds is 4. The molecule has 2 rings (SSSR count). The third-order valence-corrected chi connectivity index (χ3v) is 3.23. The zero-order valence-electron chi connectivity index (χ0n) is 10.5. The van der Waals surface area contributed by atoms with Gasteiger partial charge in [-0.05, 0) is 40.2 Å². The Balaban J connectivity index is 2.19. The van der Waals surface area contributed by atoms with Gasteiger partial charge in [0.05, 0.1) is 21.3 Å². The van der Waals surface area contributed by atoms with Gasteiger partial charge in [0.15, 0.2) is 0 Å². The lowest BCUT2D eigenvalue weighted by atomic mass is 10.2. The molecule has 4 N–H and O–H groups in total. The van der Waals surface area contributed by atoms with Gasteiger partial charge < -0.3 is 10.7 Å². The number of carbonyl (C=O) groups is 1. The molecule has 0 radical (unpaired) electrons. The Morgan fingerprint density at radius 2 is 2.00 bits per heavy atom. The number of hydrogen-bond acceptors (Lipinski definition) is 6. The van der Waals surface area contributed by atoms with Gasteiger partial charge in [-0.3, -0.25) is 20.8 Å². The molecule has 0 fully saturated rings. The van der Waals surface area contributed by atoms with Gasteiger partial charge in [-0.1, -0.05) is 0 Å². The number of nitrogens with zero attached hydrogens (tertiary/aromatic N) is 2. The van der Waals surface area contributed by atoms with Crippen LogP contribution in [-0.2, 0) is 0 Å². The predicted molar refractivity (Wildman–Crippen MR) is 80.8 cm³/mol. The summed E-state index contributed by atoms with van der Waals surface area (Å²) in [5.74, 6) is 4.72. The lowest BCUT2D eigenvalue weighted by Crippen LogP contribution is -2.14. The topological polar surface area (TPSA) is 123 Å². The number of amides is 1. The summed E-state index contributed by atoms with van der Waals surface area (Å²) >= 11 is 3.07. The molecule has 0 saturated carbocycles. The molecule has 0 spiro atoms. The van der Waals surface area contributed by atoms with E-state index in [-0.39, 0.29) is 11.4 Å². The van der Waals surface area contributed by atoms with Crippen molar-refractivity contribution < 1.29 is 9.72 Å². The molecule has 0 bridgehead atoms. The summed E-state index contributed by atoms with van der Waals surface area (Å²) in [6, 6.07) is 7.37. The number of aromatic nitrogens is 1. The third-order valence-electron chi connectivity index (χ3n) is 2.56. The fourth-order valence-corrected chi connectivity index (χ4v) is 1.93. The Bertz CT molecular complexity index is 690. The van der Waals surface area contributed by atoms with Gasteiger partial charge in [0, 0.05) is 11.8 Å². The van der Waals surface area contributed by atoms with Crippen molar-refractivity contribution in [2.24, 2.45) is 5.84 Å². The maximum Gasteiger partial charge on any atom is 0.285 e. The van der Waals surface area contributed by atoms with E-state index < -0.39 is 10.8 Å². The quantitative estimate of drug-likeness (QED) is 0.441. The van der Waals surface area contributed by atoms with Crippen LogP contribution in [0.1, 0.15) is 10.5 Å². The average molecular weight is 352 g/mol. The molecule has 0 unspecified atom stereocenters. The van der Waals surface area contributed by atoms with Crippen LogP contribution in [0, 0.1) is 10.1 Å². The van der Waals surface area contributed by atoms with Crippen molar-refractivity contribution >= 4 is 38.9 Å². The molecular formula is C12H10BrN5O3. The van der Waals surface area contributed by atoms with Crippen molar-refractivity contribution in [3.8, 4) is 0 Å². The molecule has 1 aromatic carbocycles. The second-order valence-corrected chi connectivity index (χ2v) is 4.81. The minimum Gasteiger partial charge on any atom is -0.323 e. The van der Waals surface area contributed by atoms with Gasteiger partial charge in [0.1, 0.15) is 5.69 Å². The third kappa shape index (κ3) is 3.52. The normalized spacial score (nSPS) is 10.0. The highest BCUT2D eigenvalue weighted by Crippen LogP contribution is 2.27. The van der Waals surface area contributed by atoms with E-state index in [0.717, 1.165) is 0 Å². The van der Waals surface area contributed by atoms with E-state index in [0.29, 0.717) is 15.8 Å². The van der Waals surface area contributed by atoms with Crippen LogP contribution in [-0.4, -0.2) is 15.8 Å². The molecule has 0 atom stereocenters. The number of anilines is 2. The van der Waals surface area contributed by atoms with Crippen LogP contribution in [0.5, 0.6) is 0 Å². The zero-order valence-corrected chi connectivity index (χ0v) is 12.1. The van der Waals surface area contributed by atoms with E-state index in [1.807, 2.05) is 0 Å². The highest BCUT2D eigenvalue weighted by molar-refractivity contribution is 9.10. The number of nitrogens with one attached hydrogen (secondary N) is 2. The predicted octanol–water partition coefficient (Wildman–Crippen LogP) is 2.29. The van der Waals surface area contributed by atoms with Gasteiger partial charge in [-0.15, -0.1) is 0 Å². The Morgan fingerprint density at radius 3 is 2.57 bits per heavy atom. The van der Waals surface area contributed by atoms with Crippen molar-refractivity contribution in [3.63, 3.8) is 0 Å². The maximum atomic E-state index is 12.0. The summed E-state index contributed by atoms with van der Waals surface area (Å²) in [5.41, 5.74) is 3.29. The highest BCUT2D eigenvalue weighted by atomic mass is 79.9. The van der Waals surface area contributed by atoms with E-state index in [1.54, 1.807) is 12.1 Å². The SMILES string of the molecule is NNc1ccc(C(=O)Nc2ccc(Br)c([N+](=O)[O-])c2)nc1. The lowest BCUT2D eigenvalue weighted by molar-refractivity contribution is -0.385. The Labute approximate surface area is 127 Å². The second kappa shape index (κ2) is 6.29. The Kier molecular flexibility index (Phi) is 4.45. The molecule has 1 aromatic heterocycles. The van der Waals surface area contributed by atoms with E-state index in [4.69, 9.17) is 5.84 Å². The van der Waals surface area contributed by atoms with Crippen molar-refractivity contribution in [1.29, 1.82) is 0 Å². The van der Waals surface area contributed by atoms with Crippen LogP contribution in [0.15, 0.2) is 41.0 Å². The lowest BCUT2D eigenvalue weighted by Gasteiger charge is -2.06. The first-order valence-corrected chi connectivity index (χ1v) is 6.48. The van der Waals surface area contributed by atoms with Crippen LogP contribution >= 0.6 is 15.9 Å². The van der Waals surface area contributed by atoms with Gasteiger partial charge in [-0.25, -0.2) is 4.98 Å². The van der Waals surface area contributed by atoms with Crippen LogP contribution < -0.4 is 16.6 Å². The molecular weight excluding hydrogens is 342 g/mol. The number of hydrogen-bond donors (Lipinski definition) is 3. The van der Waals surface area contributed by atoms with Gasteiger partial charge in [0.25, 0.3) is 11.6 Å². The van der Waals surface area contributed by atoms with Crippen LogP contribution in [0.4, 0.5) is 17.1 Å². The molecule has 8 nitrogen and oxygen atoms in total. The van der Waals surface area contributed by atoms with E-state index in [2.05, 4.69) is 31.7 Å². The number of pyridine rings is 1. The Morgan fingerprint density at radius 1 is 1.29 bits per heavy atom. The Hall–Kier alpha value is -2.52.